The van der Waals surface area contributed by atoms with Crippen LogP contribution >= 0.6 is 0 Å². The first kappa shape index (κ1) is 21.0. The van der Waals surface area contributed by atoms with E-state index in [1.165, 1.54) is 12.8 Å². The van der Waals surface area contributed by atoms with Crippen LogP contribution in [0.2, 0.25) is 0 Å². The number of anilines is 1. The molecule has 4 aromatic heterocycles. The fourth-order valence-corrected chi connectivity index (χ4v) is 3.63. The minimum absolute atomic E-state index is 0.214. The van der Waals surface area contributed by atoms with Gasteiger partial charge < -0.3 is 14.5 Å². The molecule has 0 bridgehead atoms. The lowest BCUT2D eigenvalue weighted by atomic mass is 10.1. The molecule has 4 aromatic rings. The second-order valence-electron chi connectivity index (χ2n) is 8.79. The van der Waals surface area contributed by atoms with Gasteiger partial charge in [-0.3, -0.25) is 9.78 Å². The molecule has 1 aliphatic carbocycles. The summed E-state index contributed by atoms with van der Waals surface area (Å²) in [5.41, 5.74) is 2.88. The van der Waals surface area contributed by atoms with Crippen molar-refractivity contribution < 1.29 is 4.79 Å². The van der Waals surface area contributed by atoms with E-state index < -0.39 is 0 Å². The summed E-state index contributed by atoms with van der Waals surface area (Å²) in [4.78, 5) is 26.2. The minimum Gasteiger partial charge on any atom is -0.309 e. The number of amides is 1. The minimum atomic E-state index is -0.332. The van der Waals surface area contributed by atoms with Crippen molar-refractivity contribution in [2.75, 3.05) is 5.32 Å². The number of carbonyl (C=O) groups excluding carboxylic acids is 1. The van der Waals surface area contributed by atoms with E-state index >= 15 is 0 Å². The normalized spacial score (nSPS) is 14.4. The van der Waals surface area contributed by atoms with Crippen molar-refractivity contribution in [2.24, 2.45) is 5.92 Å². The van der Waals surface area contributed by atoms with Crippen molar-refractivity contribution in [3.05, 3.63) is 66.8 Å². The molecule has 1 aliphatic rings. The van der Waals surface area contributed by atoms with E-state index in [9.17, 15) is 4.79 Å². The van der Waals surface area contributed by atoms with E-state index in [4.69, 9.17) is 0 Å². The predicted octanol–water partition coefficient (Wildman–Crippen LogP) is 4.27. The largest absolute Gasteiger partial charge is 0.309 e. The molecule has 1 fully saturated rings. The molecule has 0 radical (unpaired) electrons. The Kier molecular flexibility index (Phi) is 5.45. The summed E-state index contributed by atoms with van der Waals surface area (Å²) >= 11 is 0. The Morgan fingerprint density at radius 1 is 1.12 bits per heavy atom. The molecule has 0 aromatic carbocycles. The molecule has 0 unspecified atom stereocenters. The first-order valence-electron chi connectivity index (χ1n) is 11.2. The van der Waals surface area contributed by atoms with Crippen LogP contribution in [-0.2, 0) is 0 Å². The maximum atomic E-state index is 12.9. The number of nitrogens with zero attached hydrogens (tertiary/aromatic N) is 7. The third-order valence-electron chi connectivity index (χ3n) is 6.07. The molecule has 0 saturated heterocycles. The highest BCUT2D eigenvalue weighted by atomic mass is 16.1. The number of hydrogen-bond acceptors (Lipinski definition) is 6. The predicted molar refractivity (Wildman–Crippen MR) is 124 cm³/mol. The molecular weight excluding hydrogens is 416 g/mol. The molecule has 1 amide bonds. The topological polar surface area (TPSA) is 103 Å². The summed E-state index contributed by atoms with van der Waals surface area (Å²) in [5.74, 6) is 1.75. The second-order valence-corrected chi connectivity index (χ2v) is 8.79. The van der Waals surface area contributed by atoms with Crippen molar-refractivity contribution in [3.8, 4) is 17.2 Å². The molecule has 1 saturated carbocycles. The second kappa shape index (κ2) is 8.57. The van der Waals surface area contributed by atoms with Crippen LogP contribution in [0.5, 0.6) is 0 Å². The number of carbonyl (C=O) groups is 1. The summed E-state index contributed by atoms with van der Waals surface area (Å²) in [6, 6.07) is 9.26. The van der Waals surface area contributed by atoms with Gasteiger partial charge in [0.15, 0.2) is 5.82 Å². The highest BCUT2D eigenvalue weighted by Crippen LogP contribution is 2.39. The van der Waals surface area contributed by atoms with E-state index in [-0.39, 0.29) is 11.9 Å². The Labute approximate surface area is 191 Å². The summed E-state index contributed by atoms with van der Waals surface area (Å²) in [6.07, 6.45) is 9.53. The first-order valence-corrected chi connectivity index (χ1v) is 11.2. The molecule has 4 heterocycles. The van der Waals surface area contributed by atoms with Crippen LogP contribution in [-0.4, -0.2) is 40.2 Å². The lowest BCUT2D eigenvalue weighted by molar-refractivity contribution is 0.102. The Morgan fingerprint density at radius 3 is 2.76 bits per heavy atom. The van der Waals surface area contributed by atoms with Gasteiger partial charge in [0.05, 0.1) is 17.7 Å². The van der Waals surface area contributed by atoms with E-state index in [2.05, 4.69) is 51.2 Å². The van der Waals surface area contributed by atoms with E-state index in [1.54, 1.807) is 31.0 Å². The number of aromatic nitrogens is 7. The highest BCUT2D eigenvalue weighted by molar-refractivity contribution is 6.02. The van der Waals surface area contributed by atoms with Gasteiger partial charge in [-0.1, -0.05) is 19.9 Å². The SMILES string of the molecule is CC(C)[C@H](C)n1cnnc1-c1cccc(NC(=O)c2cc(-n3cnc(C4CC4)c3)ccn2)n1. The Bertz CT molecular complexity index is 1290. The lowest BCUT2D eigenvalue weighted by Gasteiger charge is -2.18. The average Bonchev–Trinajstić information content (AvgIpc) is 3.34. The van der Waals surface area contributed by atoms with Crippen LogP contribution in [0.1, 0.15) is 61.8 Å². The van der Waals surface area contributed by atoms with Crippen LogP contribution in [0, 0.1) is 5.92 Å². The van der Waals surface area contributed by atoms with Gasteiger partial charge in [-0.05, 0) is 49.9 Å². The standard InChI is InChI=1S/C24H26N8O/c1-15(2)16(3)32-14-27-30-23(32)19-5-4-6-22(28-19)29-24(33)20-11-18(9-10-25-20)31-12-21(26-13-31)17-7-8-17/h4-6,9-17H,7-8H2,1-3H3,(H,28,29,33)/t16-/m0/s1. The van der Waals surface area contributed by atoms with E-state index in [1.807, 2.05) is 33.5 Å². The molecule has 9 heteroatoms. The zero-order valence-electron chi connectivity index (χ0n) is 18.9. The van der Waals surface area contributed by atoms with Gasteiger partial charge in [0, 0.05) is 24.4 Å². The number of pyridine rings is 2. The molecule has 0 spiro atoms. The van der Waals surface area contributed by atoms with Gasteiger partial charge in [0.1, 0.15) is 23.5 Å². The van der Waals surface area contributed by atoms with E-state index in [0.29, 0.717) is 34.9 Å². The number of nitrogens with one attached hydrogen (secondary N) is 1. The summed E-state index contributed by atoms with van der Waals surface area (Å²) in [5, 5.41) is 11.2. The monoisotopic (exact) mass is 442 g/mol. The number of hydrogen-bond donors (Lipinski definition) is 1. The summed E-state index contributed by atoms with van der Waals surface area (Å²) in [7, 11) is 0. The van der Waals surface area contributed by atoms with Crippen molar-refractivity contribution in [3.63, 3.8) is 0 Å². The van der Waals surface area contributed by atoms with Gasteiger partial charge in [-0.15, -0.1) is 10.2 Å². The fraction of sp³-hybridized carbons (Fsp3) is 0.333. The maximum absolute atomic E-state index is 12.9. The average molecular weight is 443 g/mol. The number of rotatable bonds is 7. The summed E-state index contributed by atoms with van der Waals surface area (Å²) < 4.78 is 3.93. The van der Waals surface area contributed by atoms with Crippen LogP contribution in [0.15, 0.2) is 55.4 Å². The first-order chi connectivity index (χ1) is 16.0. The van der Waals surface area contributed by atoms with Crippen molar-refractivity contribution in [1.29, 1.82) is 0 Å². The van der Waals surface area contributed by atoms with Gasteiger partial charge in [0.2, 0.25) is 0 Å². The van der Waals surface area contributed by atoms with Crippen molar-refractivity contribution in [1.82, 2.24) is 34.3 Å². The quantitative estimate of drug-likeness (QED) is 0.458. The molecule has 33 heavy (non-hydrogen) atoms. The summed E-state index contributed by atoms with van der Waals surface area (Å²) in [6.45, 7) is 6.42. The van der Waals surface area contributed by atoms with Crippen LogP contribution in [0.25, 0.3) is 17.2 Å². The maximum Gasteiger partial charge on any atom is 0.275 e. The molecule has 1 N–H and O–H groups in total. The Balaban J connectivity index is 1.35. The van der Waals surface area contributed by atoms with E-state index in [0.717, 1.165) is 11.4 Å². The molecule has 5 rings (SSSR count). The van der Waals surface area contributed by atoms with Crippen LogP contribution < -0.4 is 5.32 Å². The highest BCUT2D eigenvalue weighted by Gasteiger charge is 2.26. The van der Waals surface area contributed by atoms with Crippen molar-refractivity contribution in [2.45, 2.75) is 45.6 Å². The van der Waals surface area contributed by atoms with Gasteiger partial charge in [0.25, 0.3) is 5.91 Å². The van der Waals surface area contributed by atoms with Gasteiger partial charge >= 0.3 is 0 Å². The van der Waals surface area contributed by atoms with Crippen LogP contribution in [0.3, 0.4) is 0 Å². The third kappa shape index (κ3) is 4.39. The Morgan fingerprint density at radius 2 is 1.97 bits per heavy atom. The molecule has 0 aliphatic heterocycles. The lowest BCUT2D eigenvalue weighted by Crippen LogP contribution is -2.16. The van der Waals surface area contributed by atoms with Crippen LogP contribution in [0.4, 0.5) is 5.82 Å². The number of imidazole rings is 1. The molecule has 1 atom stereocenters. The third-order valence-corrected chi connectivity index (χ3v) is 6.07. The molecule has 168 valence electrons. The molecule has 9 nitrogen and oxygen atoms in total. The zero-order chi connectivity index (χ0) is 22.9. The Hall–Kier alpha value is -3.88. The van der Waals surface area contributed by atoms with Crippen molar-refractivity contribution >= 4 is 11.7 Å². The van der Waals surface area contributed by atoms with Gasteiger partial charge in [-0.2, -0.15) is 0 Å². The fourth-order valence-electron chi connectivity index (χ4n) is 3.63. The smallest absolute Gasteiger partial charge is 0.275 e. The van der Waals surface area contributed by atoms with Gasteiger partial charge in [-0.25, -0.2) is 9.97 Å². The molecular formula is C24H26N8O. The zero-order valence-corrected chi connectivity index (χ0v) is 18.9.